The van der Waals surface area contributed by atoms with E-state index in [0.29, 0.717) is 0 Å². The van der Waals surface area contributed by atoms with Gasteiger partial charge in [-0.25, -0.2) is 0 Å². The number of rotatable bonds is 0. The molecule has 0 saturated heterocycles. The van der Waals surface area contributed by atoms with Crippen LogP contribution in [0.5, 0.6) is 0 Å². The van der Waals surface area contributed by atoms with Gasteiger partial charge in [0.25, 0.3) is 0 Å². The Kier molecular flexibility index (Phi) is 60.0. The minimum atomic E-state index is -1.08. The van der Waals surface area contributed by atoms with Crippen molar-refractivity contribution in [2.45, 2.75) is 27.7 Å². The van der Waals surface area contributed by atoms with Gasteiger partial charge in [0.05, 0.1) is 0 Å². The Balaban J connectivity index is -0.0000000257. The van der Waals surface area contributed by atoms with E-state index >= 15 is 0 Å². The molecule has 0 heterocycles. The molecule has 0 atom stereocenters. The summed E-state index contributed by atoms with van der Waals surface area (Å²) in [5.74, 6) is -4.33. The minimum Gasteiger partial charge on any atom is -0.550 e. The van der Waals surface area contributed by atoms with Gasteiger partial charge < -0.3 is 39.6 Å². The van der Waals surface area contributed by atoms with E-state index in [1.807, 2.05) is 0 Å². The molecule has 101 valence electrons. The Labute approximate surface area is 139 Å². The quantitative estimate of drug-likeness (QED) is 0.385. The van der Waals surface area contributed by atoms with Crippen LogP contribution < -0.4 is 50.0 Å². The molecule has 0 aromatic rings. The third kappa shape index (κ3) is 13200. The summed E-state index contributed by atoms with van der Waals surface area (Å²) in [5, 5.41) is 35.6. The number of carbonyl (C=O) groups is 4. The van der Waals surface area contributed by atoms with Crippen LogP contribution >= 0.6 is 0 Å². The van der Waals surface area contributed by atoms with Gasteiger partial charge in [-0.3, -0.25) is 0 Å². The summed E-state index contributed by atoms with van der Waals surface area (Å²) in [6.07, 6.45) is 0. The molecule has 0 aromatic heterocycles. The number of aliphatic carboxylic acids is 4. The molecular formula is C8H12NaO8Ru. The first-order chi connectivity index (χ1) is 6.93. The Morgan fingerprint density at radius 2 is 0.556 bits per heavy atom. The maximum Gasteiger partial charge on any atom is 3.00 e. The van der Waals surface area contributed by atoms with Crippen molar-refractivity contribution < 1.29 is 88.6 Å². The predicted molar refractivity (Wildman–Crippen MR) is 42.7 cm³/mol. The molecule has 0 N–H and O–H groups in total. The molecule has 0 fully saturated rings. The van der Waals surface area contributed by atoms with Crippen LogP contribution in [0.2, 0.25) is 0 Å². The van der Waals surface area contributed by atoms with Crippen molar-refractivity contribution in [2.75, 3.05) is 0 Å². The van der Waals surface area contributed by atoms with E-state index < -0.39 is 23.9 Å². The summed E-state index contributed by atoms with van der Waals surface area (Å²) in [6.45, 7) is 3.89. The van der Waals surface area contributed by atoms with Gasteiger partial charge in [0.1, 0.15) is 0 Å². The number of carboxylic acid groups (broad SMARTS) is 4. The number of hydrogen-bond donors (Lipinski definition) is 0. The van der Waals surface area contributed by atoms with Gasteiger partial charge in [0.2, 0.25) is 0 Å². The van der Waals surface area contributed by atoms with Gasteiger partial charge in [0.15, 0.2) is 0 Å². The molecule has 0 rings (SSSR count). The topological polar surface area (TPSA) is 161 Å². The first-order valence-electron chi connectivity index (χ1n) is 3.63. The minimum absolute atomic E-state index is 0. The molecule has 0 aliphatic heterocycles. The van der Waals surface area contributed by atoms with E-state index in [0.717, 1.165) is 27.7 Å². The zero-order valence-corrected chi connectivity index (χ0v) is 14.4. The zero-order valence-electron chi connectivity index (χ0n) is 10.6. The van der Waals surface area contributed by atoms with E-state index in [4.69, 9.17) is 39.6 Å². The Morgan fingerprint density at radius 3 is 0.556 bits per heavy atom. The number of carboxylic acids is 4. The zero-order chi connectivity index (χ0) is 14.3. The van der Waals surface area contributed by atoms with Crippen LogP contribution in [-0.2, 0) is 38.7 Å². The maximum absolute atomic E-state index is 8.89. The summed E-state index contributed by atoms with van der Waals surface area (Å²) in [4.78, 5) is 35.6. The molecule has 10 heteroatoms. The maximum atomic E-state index is 8.89. The standard InChI is InChI=1S/4C2H4O2.Na.Ru/c4*1-2(3)4;;/h4*1H3,(H,3,4);;/q;;;;+1;+3/p-4. The fraction of sp³-hybridized carbons (Fsp3) is 0.500. The summed E-state index contributed by atoms with van der Waals surface area (Å²) < 4.78 is 0. The monoisotopic (exact) mass is 361 g/mol. The SMILES string of the molecule is CC(=O)[O-].CC(=O)[O-].CC(=O)[O-].CC(=O)[O-].[Na+].[Ru+3]. The van der Waals surface area contributed by atoms with Crippen LogP contribution in [0.3, 0.4) is 0 Å². The fourth-order valence-electron chi connectivity index (χ4n) is 0. The van der Waals surface area contributed by atoms with Gasteiger partial charge >= 0.3 is 49.0 Å². The third-order valence-electron chi connectivity index (χ3n) is 0. The van der Waals surface area contributed by atoms with Crippen LogP contribution in [0.15, 0.2) is 0 Å². The Hall–Kier alpha value is -0.497. The first kappa shape index (κ1) is 36.0. The van der Waals surface area contributed by atoms with Crippen molar-refractivity contribution in [3.63, 3.8) is 0 Å². The first-order valence-corrected chi connectivity index (χ1v) is 3.63. The molecule has 0 aliphatic carbocycles. The van der Waals surface area contributed by atoms with Crippen molar-refractivity contribution in [2.24, 2.45) is 0 Å². The molecule has 0 bridgehead atoms. The van der Waals surface area contributed by atoms with Crippen LogP contribution in [0, 0.1) is 0 Å². The second-order valence-corrected chi connectivity index (χ2v) is 1.97. The Morgan fingerprint density at radius 1 is 0.556 bits per heavy atom. The van der Waals surface area contributed by atoms with Crippen molar-refractivity contribution in [1.29, 1.82) is 0 Å². The molecule has 0 unspecified atom stereocenters. The van der Waals surface area contributed by atoms with Crippen LogP contribution in [0.25, 0.3) is 0 Å². The molecule has 1 radical (unpaired) electrons. The van der Waals surface area contributed by atoms with Crippen molar-refractivity contribution in [1.82, 2.24) is 0 Å². The second kappa shape index (κ2) is 30.0. The summed E-state index contributed by atoms with van der Waals surface area (Å²) in [7, 11) is 0. The van der Waals surface area contributed by atoms with Crippen molar-refractivity contribution in [3.05, 3.63) is 0 Å². The third-order valence-corrected chi connectivity index (χ3v) is 0. The van der Waals surface area contributed by atoms with Gasteiger partial charge in [-0.15, -0.1) is 0 Å². The number of hydrogen-bond acceptors (Lipinski definition) is 8. The Bertz CT molecular complexity index is 167. The van der Waals surface area contributed by atoms with Gasteiger partial charge in [-0.05, 0) is 27.7 Å². The summed E-state index contributed by atoms with van der Waals surface area (Å²) >= 11 is 0. The molecule has 0 spiro atoms. The molecule has 0 aromatic carbocycles. The smallest absolute Gasteiger partial charge is 0.550 e. The van der Waals surface area contributed by atoms with Crippen LogP contribution in [-0.4, -0.2) is 23.9 Å². The molecule has 0 amide bonds. The summed E-state index contributed by atoms with van der Waals surface area (Å²) in [5.41, 5.74) is 0. The fourth-order valence-corrected chi connectivity index (χ4v) is 0. The van der Waals surface area contributed by atoms with E-state index in [1.165, 1.54) is 0 Å². The average molecular weight is 360 g/mol. The predicted octanol–water partition coefficient (Wildman–Crippen LogP) is -7.97. The summed E-state index contributed by atoms with van der Waals surface area (Å²) in [6, 6.07) is 0. The van der Waals surface area contributed by atoms with Crippen molar-refractivity contribution >= 4 is 23.9 Å². The molecular weight excluding hydrogens is 348 g/mol. The second-order valence-electron chi connectivity index (χ2n) is 1.97. The molecule has 0 saturated carbocycles. The van der Waals surface area contributed by atoms with E-state index in [9.17, 15) is 0 Å². The largest absolute Gasteiger partial charge is 3.00 e. The van der Waals surface area contributed by atoms with Gasteiger partial charge in [-0.2, -0.15) is 0 Å². The van der Waals surface area contributed by atoms with E-state index in [-0.39, 0.29) is 49.0 Å². The van der Waals surface area contributed by atoms with Crippen LogP contribution in [0.1, 0.15) is 27.7 Å². The van der Waals surface area contributed by atoms with Crippen molar-refractivity contribution in [3.8, 4) is 0 Å². The van der Waals surface area contributed by atoms with Gasteiger partial charge in [-0.1, -0.05) is 0 Å². The number of carbonyl (C=O) groups excluding carboxylic acids is 4. The normalized spacial score (nSPS) is 5.56. The average Bonchev–Trinajstić information content (AvgIpc) is 1.76. The molecule has 0 aliphatic rings. The van der Waals surface area contributed by atoms with E-state index in [1.54, 1.807) is 0 Å². The van der Waals surface area contributed by atoms with Gasteiger partial charge in [0, 0.05) is 23.9 Å². The van der Waals surface area contributed by atoms with E-state index in [2.05, 4.69) is 0 Å². The molecule has 18 heavy (non-hydrogen) atoms. The van der Waals surface area contributed by atoms with Crippen LogP contribution in [0.4, 0.5) is 0 Å². The molecule has 8 nitrogen and oxygen atoms in total.